The molecule has 1 saturated heterocycles. The quantitative estimate of drug-likeness (QED) is 0.525. The molecule has 2 heteroatoms. The van der Waals surface area contributed by atoms with Crippen LogP contribution in [-0.2, 0) is 0 Å². The van der Waals surface area contributed by atoms with Gasteiger partial charge in [-0.2, -0.15) is 0 Å². The maximum atomic E-state index is 6.28. The van der Waals surface area contributed by atoms with E-state index in [0.29, 0.717) is 5.38 Å². The normalized spacial score (nSPS) is 30.6. The van der Waals surface area contributed by atoms with Crippen molar-refractivity contribution in [1.29, 1.82) is 0 Å². The molecule has 2 aliphatic rings. The maximum Gasteiger partial charge on any atom is 0.0730 e. The van der Waals surface area contributed by atoms with Gasteiger partial charge in [0.1, 0.15) is 0 Å². The predicted molar refractivity (Wildman–Crippen MR) is 52.4 cm³/mol. The van der Waals surface area contributed by atoms with E-state index in [9.17, 15) is 0 Å². The van der Waals surface area contributed by atoms with Crippen LogP contribution >= 0.6 is 11.6 Å². The minimum Gasteiger partial charge on any atom is -0.374 e. The Balaban J connectivity index is 2.14. The zero-order chi connectivity index (χ0) is 8.39. The highest BCUT2D eigenvalue weighted by molar-refractivity contribution is 6.22. The summed E-state index contributed by atoms with van der Waals surface area (Å²) >= 11 is 6.28. The van der Waals surface area contributed by atoms with Gasteiger partial charge < -0.3 is 4.90 Å². The van der Waals surface area contributed by atoms with Gasteiger partial charge in [0.05, 0.1) is 5.38 Å². The number of halogens is 1. The van der Waals surface area contributed by atoms with Gasteiger partial charge in [0, 0.05) is 18.8 Å². The van der Waals surface area contributed by atoms with Crippen molar-refractivity contribution in [2.24, 2.45) is 0 Å². The molecular formula is C10H16ClN. The number of nitrogens with zero attached hydrogens (tertiary/aromatic N) is 1. The number of hydrogen-bond acceptors (Lipinski definition) is 1. The summed E-state index contributed by atoms with van der Waals surface area (Å²) in [5, 5.41) is 0.299. The lowest BCUT2D eigenvalue weighted by Crippen LogP contribution is -2.30. The summed E-state index contributed by atoms with van der Waals surface area (Å²) in [5.41, 5.74) is 1.42. The van der Waals surface area contributed by atoms with E-state index in [1.165, 1.54) is 50.9 Å². The molecular weight excluding hydrogens is 170 g/mol. The molecule has 0 aliphatic carbocycles. The topological polar surface area (TPSA) is 3.24 Å². The largest absolute Gasteiger partial charge is 0.374 e. The molecule has 2 aliphatic heterocycles. The second-order valence-electron chi connectivity index (χ2n) is 3.72. The number of fused-ring (bicyclic) bond motifs is 1. The fourth-order valence-corrected chi connectivity index (χ4v) is 2.51. The van der Waals surface area contributed by atoms with Crippen LogP contribution in [0.4, 0.5) is 0 Å². The summed E-state index contributed by atoms with van der Waals surface area (Å²) in [4.78, 5) is 2.48. The summed E-state index contributed by atoms with van der Waals surface area (Å²) in [6.45, 7) is 2.46. The molecule has 2 heterocycles. The van der Waals surface area contributed by atoms with E-state index in [0.717, 1.165) is 0 Å². The smallest absolute Gasteiger partial charge is 0.0730 e. The van der Waals surface area contributed by atoms with Crippen LogP contribution in [0.1, 0.15) is 32.1 Å². The highest BCUT2D eigenvalue weighted by Crippen LogP contribution is 2.28. The van der Waals surface area contributed by atoms with Crippen molar-refractivity contribution in [3.8, 4) is 0 Å². The predicted octanol–water partition coefficient (Wildman–Crippen LogP) is 2.76. The van der Waals surface area contributed by atoms with Gasteiger partial charge in [0.2, 0.25) is 0 Å². The molecule has 1 fully saturated rings. The van der Waals surface area contributed by atoms with E-state index in [1.807, 2.05) is 0 Å². The van der Waals surface area contributed by atoms with E-state index in [4.69, 9.17) is 11.6 Å². The molecule has 2 rings (SSSR count). The first-order valence-corrected chi connectivity index (χ1v) is 5.40. The standard InChI is InChI=1S/C10H16ClN/c11-9-5-1-3-7-12-8-4-2-6-10(9)12/h6,9H,1-5,7-8H2. The summed E-state index contributed by atoms with van der Waals surface area (Å²) < 4.78 is 0. The average Bonchev–Trinajstić information content (AvgIpc) is 2.29. The number of rotatable bonds is 0. The molecule has 0 aromatic heterocycles. The zero-order valence-corrected chi connectivity index (χ0v) is 8.19. The molecule has 1 nitrogen and oxygen atoms in total. The van der Waals surface area contributed by atoms with Gasteiger partial charge in [0.15, 0.2) is 0 Å². The van der Waals surface area contributed by atoms with E-state index in [-0.39, 0.29) is 0 Å². The van der Waals surface area contributed by atoms with E-state index in [2.05, 4.69) is 11.0 Å². The van der Waals surface area contributed by atoms with Gasteiger partial charge in [0.25, 0.3) is 0 Å². The van der Waals surface area contributed by atoms with Crippen molar-refractivity contribution >= 4 is 11.6 Å². The third-order valence-corrected chi connectivity index (χ3v) is 3.25. The molecule has 1 atom stereocenters. The Morgan fingerprint density at radius 1 is 1.25 bits per heavy atom. The van der Waals surface area contributed by atoms with Crippen LogP contribution in [0.2, 0.25) is 0 Å². The van der Waals surface area contributed by atoms with Gasteiger partial charge in [-0.15, -0.1) is 11.6 Å². The molecule has 0 saturated carbocycles. The second-order valence-corrected chi connectivity index (χ2v) is 4.25. The minimum atomic E-state index is 0.299. The third kappa shape index (κ3) is 1.61. The molecule has 1 unspecified atom stereocenters. The maximum absolute atomic E-state index is 6.28. The van der Waals surface area contributed by atoms with Crippen LogP contribution in [0.15, 0.2) is 11.8 Å². The first-order chi connectivity index (χ1) is 5.88. The Bertz CT molecular complexity index is 188. The molecule has 0 amide bonds. The highest BCUT2D eigenvalue weighted by atomic mass is 35.5. The Morgan fingerprint density at radius 2 is 2.08 bits per heavy atom. The van der Waals surface area contributed by atoms with E-state index >= 15 is 0 Å². The number of allylic oxidation sites excluding steroid dienone is 2. The van der Waals surface area contributed by atoms with Crippen LogP contribution in [0.25, 0.3) is 0 Å². The van der Waals surface area contributed by atoms with Gasteiger partial charge in [-0.1, -0.05) is 6.08 Å². The average molecular weight is 186 g/mol. The van der Waals surface area contributed by atoms with Gasteiger partial charge in [-0.25, -0.2) is 0 Å². The molecule has 68 valence electrons. The lowest BCUT2D eigenvalue weighted by atomic mass is 10.1. The molecule has 12 heavy (non-hydrogen) atoms. The van der Waals surface area contributed by atoms with Crippen molar-refractivity contribution < 1.29 is 0 Å². The van der Waals surface area contributed by atoms with E-state index < -0.39 is 0 Å². The Morgan fingerprint density at radius 3 is 3.00 bits per heavy atom. The van der Waals surface area contributed by atoms with Gasteiger partial charge in [-0.3, -0.25) is 0 Å². The van der Waals surface area contributed by atoms with Crippen LogP contribution in [-0.4, -0.2) is 23.4 Å². The molecule has 0 aromatic rings. The van der Waals surface area contributed by atoms with Crippen LogP contribution in [0.5, 0.6) is 0 Å². The van der Waals surface area contributed by atoms with Gasteiger partial charge >= 0.3 is 0 Å². The van der Waals surface area contributed by atoms with Crippen molar-refractivity contribution in [1.82, 2.24) is 4.90 Å². The monoisotopic (exact) mass is 185 g/mol. The lowest BCUT2D eigenvalue weighted by molar-refractivity contribution is 0.324. The minimum absolute atomic E-state index is 0.299. The molecule has 0 radical (unpaired) electrons. The summed E-state index contributed by atoms with van der Waals surface area (Å²) in [5.74, 6) is 0. The summed E-state index contributed by atoms with van der Waals surface area (Å²) in [7, 11) is 0. The lowest BCUT2D eigenvalue weighted by Gasteiger charge is -2.30. The third-order valence-electron chi connectivity index (χ3n) is 2.81. The fourth-order valence-electron chi connectivity index (χ4n) is 2.13. The van der Waals surface area contributed by atoms with Crippen LogP contribution in [0.3, 0.4) is 0 Å². The highest BCUT2D eigenvalue weighted by Gasteiger charge is 2.22. The fraction of sp³-hybridized carbons (Fsp3) is 0.800. The van der Waals surface area contributed by atoms with Gasteiger partial charge in [-0.05, 0) is 32.1 Å². The van der Waals surface area contributed by atoms with Crippen LogP contribution in [0, 0.1) is 0 Å². The summed E-state index contributed by atoms with van der Waals surface area (Å²) in [6.07, 6.45) is 8.67. The van der Waals surface area contributed by atoms with Crippen molar-refractivity contribution in [2.45, 2.75) is 37.5 Å². The zero-order valence-electron chi connectivity index (χ0n) is 7.43. The number of hydrogen-bond donors (Lipinski definition) is 0. The Kier molecular flexibility index (Phi) is 2.60. The van der Waals surface area contributed by atoms with Crippen molar-refractivity contribution in [3.05, 3.63) is 11.8 Å². The Labute approximate surface area is 79.4 Å². The first-order valence-electron chi connectivity index (χ1n) is 4.97. The second kappa shape index (κ2) is 3.69. The molecule has 0 bridgehead atoms. The van der Waals surface area contributed by atoms with Crippen molar-refractivity contribution in [2.75, 3.05) is 13.1 Å². The molecule has 0 spiro atoms. The molecule has 0 aromatic carbocycles. The van der Waals surface area contributed by atoms with Crippen LogP contribution < -0.4 is 0 Å². The molecule has 0 N–H and O–H groups in total. The summed E-state index contributed by atoms with van der Waals surface area (Å²) in [6, 6.07) is 0. The SMILES string of the molecule is ClC1CCCCN2CCCC=C12. The number of alkyl halides is 1. The van der Waals surface area contributed by atoms with E-state index in [1.54, 1.807) is 0 Å². The van der Waals surface area contributed by atoms with Crippen molar-refractivity contribution in [3.63, 3.8) is 0 Å². The first kappa shape index (κ1) is 8.43. The Hall–Kier alpha value is -0.170.